The predicted molar refractivity (Wildman–Crippen MR) is 50.7 cm³/mol. The summed E-state index contributed by atoms with van der Waals surface area (Å²) in [6.07, 6.45) is 0.811. The number of carbonyl (C=O) groups is 1. The van der Waals surface area contributed by atoms with Crippen molar-refractivity contribution in [2.45, 2.75) is 26.3 Å². The van der Waals surface area contributed by atoms with E-state index in [0.29, 0.717) is 12.6 Å². The molecule has 76 valence electrons. The Balaban J connectivity index is 2.40. The van der Waals surface area contributed by atoms with Crippen molar-refractivity contribution in [3.05, 3.63) is 0 Å². The van der Waals surface area contributed by atoms with Gasteiger partial charge in [-0.15, -0.1) is 0 Å². The highest BCUT2D eigenvalue weighted by molar-refractivity contribution is 5.68. The standard InChI is InChI=1S/C9H18N2O2/c1-3-5-11(8-6-10-7-8)9(12)13-4-2/h8,10H,3-7H2,1-2H3. The summed E-state index contributed by atoms with van der Waals surface area (Å²) < 4.78 is 4.97. The minimum absolute atomic E-state index is 0.171. The van der Waals surface area contributed by atoms with Crippen molar-refractivity contribution >= 4 is 6.09 Å². The van der Waals surface area contributed by atoms with E-state index in [1.54, 1.807) is 0 Å². The topological polar surface area (TPSA) is 41.6 Å². The van der Waals surface area contributed by atoms with E-state index in [1.807, 2.05) is 11.8 Å². The predicted octanol–water partition coefficient (Wildman–Crippen LogP) is 0.827. The molecule has 0 unspecified atom stereocenters. The molecule has 0 bridgehead atoms. The second kappa shape index (κ2) is 5.07. The van der Waals surface area contributed by atoms with Crippen LogP contribution in [0.1, 0.15) is 20.3 Å². The van der Waals surface area contributed by atoms with Gasteiger partial charge in [0, 0.05) is 19.6 Å². The Hall–Kier alpha value is -0.770. The largest absolute Gasteiger partial charge is 0.450 e. The minimum atomic E-state index is -0.171. The molecule has 4 nitrogen and oxygen atoms in total. The number of amides is 1. The van der Waals surface area contributed by atoms with Crippen LogP contribution in [0.5, 0.6) is 0 Å². The molecule has 1 N–H and O–H groups in total. The molecule has 0 aromatic rings. The van der Waals surface area contributed by atoms with Gasteiger partial charge in [-0.2, -0.15) is 0 Å². The fourth-order valence-corrected chi connectivity index (χ4v) is 1.36. The first-order valence-electron chi connectivity index (χ1n) is 4.93. The number of hydrogen-bond acceptors (Lipinski definition) is 3. The summed E-state index contributed by atoms with van der Waals surface area (Å²) in [6.45, 7) is 6.96. The van der Waals surface area contributed by atoms with E-state index in [1.165, 1.54) is 0 Å². The summed E-state index contributed by atoms with van der Waals surface area (Å²) >= 11 is 0. The monoisotopic (exact) mass is 186 g/mol. The molecule has 1 aliphatic heterocycles. The van der Waals surface area contributed by atoms with E-state index in [4.69, 9.17) is 4.74 Å². The summed E-state index contributed by atoms with van der Waals surface area (Å²) in [4.78, 5) is 13.3. The Bertz CT molecular complexity index is 169. The van der Waals surface area contributed by atoms with Crippen LogP contribution in [0.15, 0.2) is 0 Å². The lowest BCUT2D eigenvalue weighted by molar-refractivity contribution is 0.0771. The summed E-state index contributed by atoms with van der Waals surface area (Å²) in [5.74, 6) is 0. The van der Waals surface area contributed by atoms with Crippen molar-refractivity contribution in [3.8, 4) is 0 Å². The van der Waals surface area contributed by atoms with E-state index in [9.17, 15) is 4.79 Å². The lowest BCUT2D eigenvalue weighted by atomic mass is 10.1. The summed E-state index contributed by atoms with van der Waals surface area (Å²) in [5, 5.41) is 3.15. The van der Waals surface area contributed by atoms with Crippen LogP contribution in [0.2, 0.25) is 0 Å². The highest BCUT2D eigenvalue weighted by atomic mass is 16.6. The third-order valence-electron chi connectivity index (χ3n) is 2.17. The lowest BCUT2D eigenvalue weighted by Crippen LogP contribution is -2.59. The van der Waals surface area contributed by atoms with Gasteiger partial charge in [0.05, 0.1) is 12.6 Å². The normalized spacial score (nSPS) is 16.5. The highest BCUT2D eigenvalue weighted by Gasteiger charge is 2.28. The van der Waals surface area contributed by atoms with E-state index in [2.05, 4.69) is 12.2 Å². The van der Waals surface area contributed by atoms with E-state index >= 15 is 0 Å². The second-order valence-corrected chi connectivity index (χ2v) is 3.20. The average molecular weight is 186 g/mol. The molecule has 0 saturated carbocycles. The third kappa shape index (κ3) is 2.59. The number of rotatable bonds is 4. The molecule has 0 radical (unpaired) electrons. The Morgan fingerprint density at radius 1 is 1.54 bits per heavy atom. The van der Waals surface area contributed by atoms with Crippen molar-refractivity contribution in [2.75, 3.05) is 26.2 Å². The van der Waals surface area contributed by atoms with Crippen LogP contribution in [0, 0.1) is 0 Å². The van der Waals surface area contributed by atoms with Gasteiger partial charge >= 0.3 is 6.09 Å². The smallest absolute Gasteiger partial charge is 0.410 e. The molecule has 0 aromatic carbocycles. The van der Waals surface area contributed by atoms with Gasteiger partial charge in [-0.3, -0.25) is 0 Å². The van der Waals surface area contributed by atoms with Gasteiger partial charge in [-0.25, -0.2) is 4.79 Å². The molecule has 1 saturated heterocycles. The van der Waals surface area contributed by atoms with Gasteiger partial charge in [0.25, 0.3) is 0 Å². The lowest BCUT2D eigenvalue weighted by Gasteiger charge is -2.37. The minimum Gasteiger partial charge on any atom is -0.450 e. The molecule has 0 spiro atoms. The fraction of sp³-hybridized carbons (Fsp3) is 0.889. The van der Waals surface area contributed by atoms with Crippen LogP contribution in [0.4, 0.5) is 4.79 Å². The third-order valence-corrected chi connectivity index (χ3v) is 2.17. The van der Waals surface area contributed by atoms with Gasteiger partial charge in [0.15, 0.2) is 0 Å². The quantitative estimate of drug-likeness (QED) is 0.707. The fourth-order valence-electron chi connectivity index (χ4n) is 1.36. The van der Waals surface area contributed by atoms with Gasteiger partial charge in [0.1, 0.15) is 0 Å². The maximum atomic E-state index is 11.4. The number of carbonyl (C=O) groups excluding carboxylic acids is 1. The molecule has 0 aliphatic carbocycles. The van der Waals surface area contributed by atoms with Crippen molar-refractivity contribution < 1.29 is 9.53 Å². The first-order valence-corrected chi connectivity index (χ1v) is 4.93. The molecular weight excluding hydrogens is 168 g/mol. The zero-order chi connectivity index (χ0) is 9.68. The maximum Gasteiger partial charge on any atom is 0.410 e. The van der Waals surface area contributed by atoms with E-state index in [-0.39, 0.29) is 6.09 Å². The Morgan fingerprint density at radius 3 is 2.62 bits per heavy atom. The number of hydrogen-bond donors (Lipinski definition) is 1. The zero-order valence-corrected chi connectivity index (χ0v) is 8.38. The first kappa shape index (κ1) is 10.3. The molecule has 0 aromatic heterocycles. The molecule has 1 rings (SSSR count). The molecule has 4 heteroatoms. The van der Waals surface area contributed by atoms with Gasteiger partial charge in [-0.05, 0) is 13.3 Å². The highest BCUT2D eigenvalue weighted by Crippen LogP contribution is 2.07. The van der Waals surface area contributed by atoms with Gasteiger partial charge in [-0.1, -0.05) is 6.92 Å². The summed E-state index contributed by atoms with van der Waals surface area (Å²) in [5.41, 5.74) is 0. The average Bonchev–Trinajstić information content (AvgIpc) is 2.01. The van der Waals surface area contributed by atoms with E-state index in [0.717, 1.165) is 26.1 Å². The molecule has 13 heavy (non-hydrogen) atoms. The van der Waals surface area contributed by atoms with Gasteiger partial charge in [0.2, 0.25) is 0 Å². The molecule has 0 atom stereocenters. The molecule has 1 amide bonds. The zero-order valence-electron chi connectivity index (χ0n) is 8.38. The van der Waals surface area contributed by atoms with E-state index < -0.39 is 0 Å². The van der Waals surface area contributed by atoms with Crippen molar-refractivity contribution in [1.29, 1.82) is 0 Å². The Morgan fingerprint density at radius 2 is 2.23 bits per heavy atom. The summed E-state index contributed by atoms with van der Waals surface area (Å²) in [6, 6.07) is 0.346. The van der Waals surface area contributed by atoms with Crippen LogP contribution >= 0.6 is 0 Å². The number of nitrogens with one attached hydrogen (secondary N) is 1. The summed E-state index contributed by atoms with van der Waals surface area (Å²) in [7, 11) is 0. The van der Waals surface area contributed by atoms with Crippen LogP contribution in [-0.2, 0) is 4.74 Å². The van der Waals surface area contributed by atoms with Crippen molar-refractivity contribution in [1.82, 2.24) is 10.2 Å². The molecular formula is C9H18N2O2. The molecule has 1 fully saturated rings. The van der Waals surface area contributed by atoms with Crippen LogP contribution in [-0.4, -0.2) is 43.3 Å². The molecule has 1 aliphatic rings. The molecule has 1 heterocycles. The van der Waals surface area contributed by atoms with Crippen molar-refractivity contribution in [2.24, 2.45) is 0 Å². The van der Waals surface area contributed by atoms with Crippen LogP contribution in [0.25, 0.3) is 0 Å². The first-order chi connectivity index (χ1) is 6.29. The second-order valence-electron chi connectivity index (χ2n) is 3.20. The van der Waals surface area contributed by atoms with Crippen molar-refractivity contribution in [3.63, 3.8) is 0 Å². The van der Waals surface area contributed by atoms with Crippen LogP contribution < -0.4 is 5.32 Å². The SMILES string of the molecule is CCCN(C(=O)OCC)C1CNC1. The van der Waals surface area contributed by atoms with Gasteiger partial charge < -0.3 is 15.0 Å². The van der Waals surface area contributed by atoms with Crippen LogP contribution in [0.3, 0.4) is 0 Å². The maximum absolute atomic E-state index is 11.4. The Kier molecular flexibility index (Phi) is 4.02. The Labute approximate surface area is 79.2 Å². The number of ether oxygens (including phenoxy) is 1. The number of nitrogens with zero attached hydrogens (tertiary/aromatic N) is 1.